The zero-order chi connectivity index (χ0) is 40.7. The third kappa shape index (κ3) is 20.5. The van der Waals surface area contributed by atoms with E-state index in [1.165, 1.54) is 39.5 Å². The minimum atomic E-state index is -1.67. The number of nitrogens with zero attached hydrogens (tertiary/aromatic N) is 1. The van der Waals surface area contributed by atoms with Crippen molar-refractivity contribution < 1.29 is 110 Å². The number of phenols is 1. The molecule has 0 saturated carbocycles. The molecule has 2 heterocycles. The summed E-state index contributed by atoms with van der Waals surface area (Å²) in [7, 11) is 10.3. The molecule has 0 aliphatic heterocycles. The molecule has 0 radical (unpaired) electrons. The van der Waals surface area contributed by atoms with Crippen LogP contribution in [0.4, 0.5) is 10.1 Å². The Kier molecular flexibility index (Phi) is 27.1. The molecule has 0 atom stereocenters. The average molecular weight is 900 g/mol. The molecular formula is C30H28Cl3FKN3O11S4. The Morgan fingerprint density at radius 1 is 1.00 bits per heavy atom. The van der Waals surface area contributed by atoms with Crippen molar-refractivity contribution in [2.45, 2.75) is 0 Å². The number of nitrogens with two attached hydrogens (primary N) is 1. The number of oxazole rings is 2. The number of alkyl halides is 1. The summed E-state index contributed by atoms with van der Waals surface area (Å²) < 4.78 is 48.6. The van der Waals surface area contributed by atoms with E-state index in [0.717, 1.165) is 5.52 Å². The van der Waals surface area contributed by atoms with E-state index in [0.29, 0.717) is 32.6 Å². The van der Waals surface area contributed by atoms with Gasteiger partial charge >= 0.3 is 69.3 Å². The van der Waals surface area contributed by atoms with Crippen molar-refractivity contribution in [3.63, 3.8) is 0 Å². The summed E-state index contributed by atoms with van der Waals surface area (Å²) in [4.78, 5) is 40.2. The zero-order valence-corrected chi connectivity index (χ0v) is 36.4. The van der Waals surface area contributed by atoms with E-state index >= 15 is 0 Å². The summed E-state index contributed by atoms with van der Waals surface area (Å²) in [5.74, 6) is 0.690. The number of fused-ring (bicyclic) bond motifs is 2. The molecule has 5 N–H and O–H groups in total. The summed E-state index contributed by atoms with van der Waals surface area (Å²) >= 11 is 18.3. The number of halogens is 4. The molecule has 0 unspecified atom stereocenters. The van der Waals surface area contributed by atoms with Gasteiger partial charge in [0.25, 0.3) is 10.2 Å². The van der Waals surface area contributed by atoms with Gasteiger partial charge < -0.3 is 45.4 Å². The number of carbonyl (C=O) groups is 3. The second kappa shape index (κ2) is 28.6. The fourth-order valence-corrected chi connectivity index (χ4v) is 3.64. The molecular weight excluding hydrogens is 871 g/mol. The molecule has 0 aliphatic carbocycles. The number of methoxy groups -OCH3 is 3. The van der Waals surface area contributed by atoms with Gasteiger partial charge in [-0.15, -0.1) is 12.6 Å². The van der Waals surface area contributed by atoms with Gasteiger partial charge in [0.05, 0.1) is 57.7 Å². The van der Waals surface area contributed by atoms with Crippen molar-refractivity contribution in [2.75, 3.05) is 34.2 Å². The summed E-state index contributed by atoms with van der Waals surface area (Å²) in [6, 6.07) is 14.0. The van der Waals surface area contributed by atoms with Gasteiger partial charge in [0.2, 0.25) is 9.23 Å². The summed E-state index contributed by atoms with van der Waals surface area (Å²) in [5, 5.41) is 16.9. The van der Waals surface area contributed by atoms with Crippen LogP contribution in [0.5, 0.6) is 5.75 Å². The Balaban J connectivity index is -0.000000629. The second-order valence-corrected chi connectivity index (χ2v) is 12.7. The maximum absolute atomic E-state index is 11.2. The van der Waals surface area contributed by atoms with Crippen LogP contribution in [-0.4, -0.2) is 75.0 Å². The van der Waals surface area contributed by atoms with E-state index in [1.54, 1.807) is 42.5 Å². The number of ether oxygens (including phenoxy) is 3. The largest absolute Gasteiger partial charge is 1.00 e. The second-order valence-electron chi connectivity index (χ2n) is 8.35. The predicted octanol–water partition coefficient (Wildman–Crippen LogP) is 4.63. The summed E-state index contributed by atoms with van der Waals surface area (Å²) in [6.45, 7) is 0. The fraction of sp³-hybridized carbons (Fsp3) is 0.133. The van der Waals surface area contributed by atoms with E-state index in [1.807, 2.05) is 0 Å². The average Bonchev–Trinajstić information content (AvgIpc) is 3.68. The van der Waals surface area contributed by atoms with Gasteiger partial charge in [0.15, 0.2) is 11.2 Å². The first-order chi connectivity index (χ1) is 25.0. The number of hydrogen-bond acceptors (Lipinski definition) is 15. The number of hydrogen-bond donors (Lipinski definition) is 5. The number of rotatable bonds is 3. The van der Waals surface area contributed by atoms with E-state index in [4.69, 9.17) is 54.2 Å². The Bertz CT molecular complexity index is 2150. The smallest absolute Gasteiger partial charge is 1.00 e. The summed E-state index contributed by atoms with van der Waals surface area (Å²) in [5.41, 5.74) is 9.10. The number of esters is 3. The molecule has 0 aliphatic rings. The molecule has 0 saturated heterocycles. The maximum atomic E-state index is 11.2. The molecule has 0 bridgehead atoms. The van der Waals surface area contributed by atoms with Gasteiger partial charge in [-0.1, -0.05) is 12.2 Å². The van der Waals surface area contributed by atoms with Crippen molar-refractivity contribution in [1.82, 2.24) is 9.97 Å². The van der Waals surface area contributed by atoms with E-state index in [-0.39, 0.29) is 79.4 Å². The van der Waals surface area contributed by atoms with Crippen LogP contribution in [0.3, 0.4) is 0 Å². The molecule has 282 valence electrons. The number of benzene rings is 3. The molecule has 2 aromatic heterocycles. The predicted molar refractivity (Wildman–Crippen MR) is 206 cm³/mol. The summed E-state index contributed by atoms with van der Waals surface area (Å²) in [6.07, 6.45) is 1.60. The number of thiol groups is 1. The molecule has 0 amide bonds. The Morgan fingerprint density at radius 3 is 1.89 bits per heavy atom. The van der Waals surface area contributed by atoms with Crippen molar-refractivity contribution in [1.29, 1.82) is 0 Å². The van der Waals surface area contributed by atoms with Crippen LogP contribution in [0.1, 0.15) is 33.9 Å². The van der Waals surface area contributed by atoms with Gasteiger partial charge in [-0.25, -0.2) is 18.6 Å². The quantitative estimate of drug-likeness (QED) is 0.0192. The normalized spacial score (nSPS) is 9.26. The van der Waals surface area contributed by atoms with Crippen LogP contribution in [0.15, 0.2) is 63.4 Å². The molecule has 53 heavy (non-hydrogen) atoms. The van der Waals surface area contributed by atoms with Crippen molar-refractivity contribution in [3.8, 4) is 17.8 Å². The molecule has 3 aromatic carbocycles. The number of thiocarbonyl (C=S) groups is 1. The van der Waals surface area contributed by atoms with Gasteiger partial charge in [0, 0.05) is 21.4 Å². The van der Waals surface area contributed by atoms with Crippen LogP contribution in [-0.2, 0) is 23.4 Å². The van der Waals surface area contributed by atoms with E-state index in [9.17, 15) is 18.8 Å². The van der Waals surface area contributed by atoms with Crippen LogP contribution < -0.4 is 57.1 Å². The van der Waals surface area contributed by atoms with Gasteiger partial charge in [-0.05, 0) is 84.3 Å². The third-order valence-electron chi connectivity index (χ3n) is 5.24. The van der Waals surface area contributed by atoms with Crippen molar-refractivity contribution >= 4 is 129 Å². The van der Waals surface area contributed by atoms with Gasteiger partial charge in [0.1, 0.15) is 21.6 Å². The molecule has 5 aromatic rings. The number of H-pyrrole nitrogens is 1. The minimum Gasteiger partial charge on any atom is -1.00 e. The topological polar surface area (TPSA) is 217 Å². The maximum Gasteiger partial charge on any atom is 1.00 e. The first-order valence-corrected chi connectivity index (χ1v) is 17.4. The van der Waals surface area contributed by atoms with Crippen LogP contribution in [0.2, 0.25) is 5.35 Å². The number of anilines is 1. The molecule has 14 nitrogen and oxygen atoms in total. The number of nitrogens with one attached hydrogen (secondary N) is 1. The SMILES string of the molecule is COC(=O)c1ccc(N)c(O)c1.COC(=O)c1ccc2[nH]c(=S)oc2c1.COC(=O)c1ccc2nc(Cl)oc2c1.O=S(Cl)Cl.OC#CC(=S)S.[2H]CF.[H-].[K+]. The fourth-order valence-electron chi connectivity index (χ4n) is 3.17. The number of aromatic nitrogens is 2. The van der Waals surface area contributed by atoms with Crippen LogP contribution >= 0.6 is 70.0 Å². The number of aliphatic hydroxyl groups is 1. The van der Waals surface area contributed by atoms with Crippen LogP contribution in [0, 0.1) is 16.9 Å². The van der Waals surface area contributed by atoms with Crippen molar-refractivity contribution in [2.24, 2.45) is 0 Å². The Morgan fingerprint density at radius 2 is 1.45 bits per heavy atom. The standard InChI is InChI=1S/C9H6ClNO3.C9H7NO3S.C8H9NO3.C3H2OS2.CH3F.Cl2OS.K.H/c1-13-8(12)5-2-3-6-7(4-5)14-9(10)11-6;1-12-8(11)5-2-3-6-7(4-5)13-9(14)10-6;1-12-8(11)5-2-3-6(9)7(10)4-5;4-2-1-3(5)6;1-2;1-4(2)3;;/h2-4H,1H3;2-4H,1H3,(H,10,14);2-4,10H,9H2,1H3;4H,(H,5,6);1H3;;;/q;;;;;;+1;-1/i;;;;1D;;;. The monoisotopic (exact) mass is 898 g/mol. The van der Waals surface area contributed by atoms with Gasteiger partial charge in [-0.3, -0.25) is 4.39 Å². The number of carbonyl (C=O) groups excluding carboxylic acids is 3. The zero-order valence-electron chi connectivity index (χ0n) is 29.7. The van der Waals surface area contributed by atoms with Crippen LogP contribution in [0.25, 0.3) is 22.2 Å². The van der Waals surface area contributed by atoms with E-state index < -0.39 is 34.3 Å². The van der Waals surface area contributed by atoms with Gasteiger partial charge in [-0.2, -0.15) is 4.98 Å². The van der Waals surface area contributed by atoms with Crippen molar-refractivity contribution in [3.05, 3.63) is 81.5 Å². The molecule has 0 spiro atoms. The number of nitrogen functional groups attached to an aromatic ring is 1. The third-order valence-corrected chi connectivity index (χ3v) is 5.80. The number of aromatic hydroxyl groups is 1. The molecule has 0 fully saturated rings. The number of aliphatic hydroxyl groups excluding tert-OH is 1. The Hall–Kier alpha value is -2.78. The minimum absolute atomic E-state index is 0. The first kappa shape index (κ1) is 50.2. The number of phenolic OH excluding ortho intramolecular Hbond substituents is 1. The Labute approximate surface area is 379 Å². The molecule has 23 heteroatoms. The number of aromatic amines is 1. The first-order valence-electron chi connectivity index (χ1n) is 13.7. The van der Waals surface area contributed by atoms with E-state index in [2.05, 4.69) is 76.3 Å². The molecule has 5 rings (SSSR count).